The molecule has 1 fully saturated rings. The van der Waals surface area contributed by atoms with Crippen molar-refractivity contribution in [3.63, 3.8) is 0 Å². The van der Waals surface area contributed by atoms with E-state index in [1.54, 1.807) is 6.07 Å². The second-order valence-electron chi connectivity index (χ2n) is 9.32. The second kappa shape index (κ2) is 10.9. The molecule has 0 radical (unpaired) electrons. The molecule has 1 saturated heterocycles. The number of halogens is 2. The fraction of sp³-hybridized carbons (Fsp3) is 0.276. The first kappa shape index (κ1) is 23.9. The first-order chi connectivity index (χ1) is 17.1. The number of rotatable bonds is 7. The first-order valence-electron chi connectivity index (χ1n) is 12.1. The average Bonchev–Trinajstić information content (AvgIpc) is 3.30. The van der Waals surface area contributed by atoms with Crippen LogP contribution >= 0.6 is 23.2 Å². The van der Waals surface area contributed by atoms with Crippen LogP contribution in [0.25, 0.3) is 10.9 Å². The first-order valence-corrected chi connectivity index (χ1v) is 12.9. The third-order valence-corrected chi connectivity index (χ3v) is 7.67. The van der Waals surface area contributed by atoms with Crippen LogP contribution in [0.4, 0.5) is 0 Å². The van der Waals surface area contributed by atoms with Crippen LogP contribution in [0.15, 0.2) is 79.0 Å². The van der Waals surface area contributed by atoms with Crippen molar-refractivity contribution in [1.29, 1.82) is 0 Å². The zero-order chi connectivity index (χ0) is 24.2. The Kier molecular flexibility index (Phi) is 7.43. The van der Waals surface area contributed by atoms with Crippen molar-refractivity contribution in [2.75, 3.05) is 13.1 Å². The summed E-state index contributed by atoms with van der Waals surface area (Å²) < 4.78 is 0. The van der Waals surface area contributed by atoms with E-state index in [1.165, 1.54) is 5.56 Å². The Hall–Kier alpha value is -2.79. The number of piperidine rings is 1. The molecule has 1 aliphatic heterocycles. The van der Waals surface area contributed by atoms with E-state index in [4.69, 9.17) is 23.2 Å². The minimum absolute atomic E-state index is 0.0628. The summed E-state index contributed by atoms with van der Waals surface area (Å²) in [5.41, 5.74) is 4.46. The van der Waals surface area contributed by atoms with E-state index in [1.807, 2.05) is 42.6 Å². The second-order valence-corrected chi connectivity index (χ2v) is 10.1. The number of para-hydroxylation sites is 1. The Balaban J connectivity index is 1.27. The van der Waals surface area contributed by atoms with Crippen LogP contribution in [0, 0.1) is 0 Å². The number of benzene rings is 3. The zero-order valence-corrected chi connectivity index (χ0v) is 21.0. The lowest BCUT2D eigenvalue weighted by molar-refractivity contribution is -0.122. The summed E-state index contributed by atoms with van der Waals surface area (Å²) in [5, 5.41) is 5.43. The van der Waals surface area contributed by atoms with E-state index in [0.717, 1.165) is 54.5 Å². The number of H-pyrrole nitrogens is 1. The number of nitrogens with one attached hydrogen (secondary N) is 2. The lowest BCUT2D eigenvalue weighted by Crippen LogP contribution is -2.44. The Labute approximate surface area is 216 Å². The van der Waals surface area contributed by atoms with Gasteiger partial charge in [0.1, 0.15) is 0 Å². The van der Waals surface area contributed by atoms with E-state index in [-0.39, 0.29) is 17.9 Å². The van der Waals surface area contributed by atoms with Crippen LogP contribution in [0.3, 0.4) is 0 Å². The highest BCUT2D eigenvalue weighted by Crippen LogP contribution is 2.36. The Morgan fingerprint density at radius 3 is 2.49 bits per heavy atom. The standard InChI is InChI=1S/C29H29Cl2N3O/c30-26-11-10-21(16-27(26)31)24(25-18-32-28-9-5-4-8-23(25)28)17-29(35)33-22-12-14-34(15-13-22)19-20-6-2-1-3-7-20/h1-11,16,18,22,24,32H,12-15,17,19H2,(H,33,35). The Morgan fingerprint density at radius 1 is 0.971 bits per heavy atom. The van der Waals surface area contributed by atoms with E-state index < -0.39 is 0 Å². The molecule has 2 N–H and O–H groups in total. The monoisotopic (exact) mass is 505 g/mol. The maximum Gasteiger partial charge on any atom is 0.221 e. The van der Waals surface area contributed by atoms with E-state index in [9.17, 15) is 4.79 Å². The summed E-state index contributed by atoms with van der Waals surface area (Å²) in [4.78, 5) is 19.1. The van der Waals surface area contributed by atoms with Crippen LogP contribution in [0.5, 0.6) is 0 Å². The number of aromatic amines is 1. The predicted octanol–water partition coefficient (Wildman–Crippen LogP) is 6.78. The average molecular weight is 506 g/mol. The molecule has 0 saturated carbocycles. The van der Waals surface area contributed by atoms with Crippen molar-refractivity contribution >= 4 is 40.0 Å². The van der Waals surface area contributed by atoms with Gasteiger partial charge >= 0.3 is 0 Å². The van der Waals surface area contributed by atoms with Gasteiger partial charge in [0.05, 0.1) is 10.0 Å². The summed E-state index contributed by atoms with van der Waals surface area (Å²) in [6.45, 7) is 2.93. The van der Waals surface area contributed by atoms with E-state index in [2.05, 4.69) is 45.5 Å². The summed E-state index contributed by atoms with van der Waals surface area (Å²) >= 11 is 12.5. The molecule has 0 bridgehead atoms. The van der Waals surface area contributed by atoms with Crippen LogP contribution < -0.4 is 5.32 Å². The smallest absolute Gasteiger partial charge is 0.221 e. The molecule has 5 rings (SSSR count). The molecule has 1 aromatic heterocycles. The number of hydrogen-bond acceptors (Lipinski definition) is 2. The minimum Gasteiger partial charge on any atom is -0.361 e. The van der Waals surface area contributed by atoms with Gasteiger partial charge in [0, 0.05) is 55.1 Å². The minimum atomic E-state index is -0.126. The molecular formula is C29H29Cl2N3O. The lowest BCUT2D eigenvalue weighted by Gasteiger charge is -2.32. The third-order valence-electron chi connectivity index (χ3n) is 6.93. The summed E-state index contributed by atoms with van der Waals surface area (Å²) in [6, 6.07) is 24.6. The van der Waals surface area contributed by atoms with Crippen molar-refractivity contribution in [2.45, 2.75) is 37.8 Å². The van der Waals surface area contributed by atoms with Crippen molar-refractivity contribution in [3.8, 4) is 0 Å². The van der Waals surface area contributed by atoms with E-state index >= 15 is 0 Å². The molecule has 1 amide bonds. The van der Waals surface area contributed by atoms with Crippen molar-refractivity contribution in [3.05, 3.63) is 106 Å². The zero-order valence-electron chi connectivity index (χ0n) is 19.5. The predicted molar refractivity (Wildman–Crippen MR) is 144 cm³/mol. The van der Waals surface area contributed by atoms with Gasteiger partial charge in [0.2, 0.25) is 5.91 Å². The molecule has 0 spiro atoms. The molecule has 1 unspecified atom stereocenters. The number of likely N-dealkylation sites (tertiary alicyclic amines) is 1. The summed E-state index contributed by atoms with van der Waals surface area (Å²) in [5.74, 6) is -0.0630. The third kappa shape index (κ3) is 5.72. The van der Waals surface area contributed by atoms with Crippen molar-refractivity contribution in [1.82, 2.24) is 15.2 Å². The molecule has 35 heavy (non-hydrogen) atoms. The number of aromatic nitrogens is 1. The normalized spacial score (nSPS) is 15.8. The van der Waals surface area contributed by atoms with Gasteiger partial charge in [-0.1, -0.05) is 77.8 Å². The van der Waals surface area contributed by atoms with Crippen LogP contribution in [0.1, 0.15) is 41.9 Å². The number of hydrogen-bond donors (Lipinski definition) is 2. The van der Waals surface area contributed by atoms with Gasteiger partial charge in [0.25, 0.3) is 0 Å². The topological polar surface area (TPSA) is 48.1 Å². The van der Waals surface area contributed by atoms with Crippen LogP contribution in [0.2, 0.25) is 10.0 Å². The van der Waals surface area contributed by atoms with Gasteiger partial charge < -0.3 is 10.3 Å². The molecule has 0 aliphatic carbocycles. The molecule has 4 nitrogen and oxygen atoms in total. The molecule has 6 heteroatoms. The fourth-order valence-electron chi connectivity index (χ4n) is 5.07. The maximum atomic E-state index is 13.3. The highest BCUT2D eigenvalue weighted by molar-refractivity contribution is 6.42. The van der Waals surface area contributed by atoms with Gasteiger partial charge in [-0.05, 0) is 47.7 Å². The van der Waals surface area contributed by atoms with Crippen LogP contribution in [-0.2, 0) is 11.3 Å². The highest BCUT2D eigenvalue weighted by Gasteiger charge is 2.25. The highest BCUT2D eigenvalue weighted by atomic mass is 35.5. The summed E-state index contributed by atoms with van der Waals surface area (Å²) in [6.07, 6.45) is 4.28. The molecule has 3 aromatic carbocycles. The lowest BCUT2D eigenvalue weighted by atomic mass is 9.87. The van der Waals surface area contributed by atoms with Crippen molar-refractivity contribution in [2.24, 2.45) is 0 Å². The van der Waals surface area contributed by atoms with E-state index in [0.29, 0.717) is 16.5 Å². The molecule has 1 aliphatic rings. The van der Waals surface area contributed by atoms with Gasteiger partial charge in [-0.2, -0.15) is 0 Å². The fourth-order valence-corrected chi connectivity index (χ4v) is 5.37. The van der Waals surface area contributed by atoms with Gasteiger partial charge in [-0.15, -0.1) is 0 Å². The number of nitrogens with zero attached hydrogens (tertiary/aromatic N) is 1. The maximum absolute atomic E-state index is 13.3. The number of fused-ring (bicyclic) bond motifs is 1. The number of carbonyl (C=O) groups is 1. The Bertz CT molecular complexity index is 1300. The molecular weight excluding hydrogens is 477 g/mol. The molecule has 4 aromatic rings. The molecule has 180 valence electrons. The van der Waals surface area contributed by atoms with Crippen LogP contribution in [-0.4, -0.2) is 34.9 Å². The number of amides is 1. The molecule has 1 atom stereocenters. The quantitative estimate of drug-likeness (QED) is 0.290. The van der Waals surface area contributed by atoms with Gasteiger partial charge in [0.15, 0.2) is 0 Å². The van der Waals surface area contributed by atoms with Gasteiger partial charge in [-0.3, -0.25) is 9.69 Å². The molecule has 2 heterocycles. The SMILES string of the molecule is O=C(CC(c1ccc(Cl)c(Cl)c1)c1c[nH]c2ccccc12)NC1CCN(Cc2ccccc2)CC1. The van der Waals surface area contributed by atoms with Crippen molar-refractivity contribution < 1.29 is 4.79 Å². The summed E-state index contributed by atoms with van der Waals surface area (Å²) in [7, 11) is 0. The Morgan fingerprint density at radius 2 is 1.71 bits per heavy atom. The largest absolute Gasteiger partial charge is 0.361 e. The number of carbonyl (C=O) groups excluding carboxylic acids is 1. The van der Waals surface area contributed by atoms with Gasteiger partial charge in [-0.25, -0.2) is 0 Å².